The first-order valence-corrected chi connectivity index (χ1v) is 12.0. The van der Waals surface area contributed by atoms with Crippen molar-refractivity contribution in [3.63, 3.8) is 0 Å². The predicted octanol–water partition coefficient (Wildman–Crippen LogP) is 5.25. The number of aromatic nitrogens is 2. The Morgan fingerprint density at radius 3 is 2.64 bits per heavy atom. The molecule has 1 saturated heterocycles. The monoisotopic (exact) mass is 458 g/mol. The lowest BCUT2D eigenvalue weighted by Crippen LogP contribution is -2.35. The molecule has 7 heteroatoms. The number of aliphatic imine (C=N–C) groups is 1. The quantitative estimate of drug-likeness (QED) is 0.500. The van der Waals surface area contributed by atoms with Gasteiger partial charge >= 0.3 is 0 Å². The number of ether oxygens (including phenoxy) is 1. The second kappa shape index (κ2) is 9.27. The fourth-order valence-corrected chi connectivity index (χ4v) is 5.03. The van der Waals surface area contributed by atoms with Gasteiger partial charge in [0.05, 0.1) is 17.7 Å². The number of para-hydroxylation sites is 1. The van der Waals surface area contributed by atoms with E-state index in [0.717, 1.165) is 65.3 Å². The zero-order valence-corrected chi connectivity index (χ0v) is 19.6. The molecule has 33 heavy (non-hydrogen) atoms. The zero-order valence-electron chi connectivity index (χ0n) is 18.8. The van der Waals surface area contributed by atoms with Crippen LogP contribution in [0.4, 0.5) is 0 Å². The minimum atomic E-state index is -0.183. The van der Waals surface area contributed by atoms with Gasteiger partial charge in [0.1, 0.15) is 11.4 Å². The number of hydrogen-bond donors (Lipinski definition) is 0. The average molecular weight is 459 g/mol. The van der Waals surface area contributed by atoms with Crippen LogP contribution in [0.25, 0.3) is 23.0 Å². The summed E-state index contributed by atoms with van der Waals surface area (Å²) in [5.41, 5.74) is 3.54. The molecule has 0 unspecified atom stereocenters. The van der Waals surface area contributed by atoms with Gasteiger partial charge in [0, 0.05) is 30.4 Å². The third-order valence-electron chi connectivity index (χ3n) is 6.06. The third kappa shape index (κ3) is 4.59. The topological polar surface area (TPSA) is 59.7 Å². The van der Waals surface area contributed by atoms with Crippen molar-refractivity contribution in [2.24, 2.45) is 10.9 Å². The number of rotatable bonds is 4. The summed E-state index contributed by atoms with van der Waals surface area (Å²) in [5.74, 6) is 1.31. The summed E-state index contributed by atoms with van der Waals surface area (Å²) in [4.78, 5) is 20.0. The Hall–Kier alpha value is -3.32. The summed E-state index contributed by atoms with van der Waals surface area (Å²) < 4.78 is 7.26. The standard InChI is InChI=1S/C26H26N4O2S/c1-18-11-13-29(14-12-18)26-27-25(31)23(33-26)16-20-17-30(21-8-4-3-5-9-21)28-24(20)19-7-6-10-22(15-19)32-2/h3-10,15-18H,11-14H2,1-2H3. The summed E-state index contributed by atoms with van der Waals surface area (Å²) in [7, 11) is 1.65. The number of hydrogen-bond acceptors (Lipinski definition) is 5. The number of carbonyl (C=O) groups excluding carboxylic acids is 1. The molecule has 0 spiro atoms. The highest BCUT2D eigenvalue weighted by molar-refractivity contribution is 8.18. The molecular formula is C26H26N4O2S. The zero-order chi connectivity index (χ0) is 22.8. The van der Waals surface area contributed by atoms with Crippen LogP contribution in [0.15, 0.2) is 70.7 Å². The third-order valence-corrected chi connectivity index (χ3v) is 7.10. The lowest BCUT2D eigenvalue weighted by atomic mass is 10.00. The lowest BCUT2D eigenvalue weighted by molar-refractivity contribution is -0.113. The van der Waals surface area contributed by atoms with E-state index in [2.05, 4.69) is 16.8 Å². The van der Waals surface area contributed by atoms with Gasteiger partial charge in [-0.05, 0) is 60.9 Å². The number of thioether (sulfide) groups is 1. The molecule has 0 N–H and O–H groups in total. The van der Waals surface area contributed by atoms with Crippen molar-refractivity contribution in [3.8, 4) is 22.7 Å². The summed E-state index contributed by atoms with van der Waals surface area (Å²) in [5, 5.41) is 5.67. The highest BCUT2D eigenvalue weighted by Crippen LogP contribution is 2.35. The Labute approximate surface area is 198 Å². The molecule has 0 saturated carbocycles. The normalized spacial score (nSPS) is 18.1. The van der Waals surface area contributed by atoms with Gasteiger partial charge in [0.15, 0.2) is 5.17 Å². The van der Waals surface area contributed by atoms with Gasteiger partial charge in [-0.25, -0.2) is 4.68 Å². The van der Waals surface area contributed by atoms with Crippen LogP contribution in [0.5, 0.6) is 5.75 Å². The molecule has 1 aromatic heterocycles. The molecule has 0 radical (unpaired) electrons. The molecule has 2 aliphatic heterocycles. The Morgan fingerprint density at radius 2 is 1.88 bits per heavy atom. The van der Waals surface area contributed by atoms with Crippen LogP contribution in [-0.2, 0) is 4.79 Å². The van der Waals surface area contributed by atoms with E-state index in [1.807, 2.05) is 71.6 Å². The van der Waals surface area contributed by atoms with E-state index < -0.39 is 0 Å². The second-order valence-electron chi connectivity index (χ2n) is 8.42. The second-order valence-corrected chi connectivity index (χ2v) is 9.43. The fourth-order valence-electron chi connectivity index (χ4n) is 4.07. The van der Waals surface area contributed by atoms with E-state index in [1.165, 1.54) is 11.8 Å². The van der Waals surface area contributed by atoms with Gasteiger partial charge in [-0.15, -0.1) is 0 Å². The Morgan fingerprint density at radius 1 is 1.09 bits per heavy atom. The number of nitrogens with zero attached hydrogens (tertiary/aromatic N) is 4. The van der Waals surface area contributed by atoms with Crippen LogP contribution in [0.1, 0.15) is 25.3 Å². The van der Waals surface area contributed by atoms with E-state index >= 15 is 0 Å². The number of likely N-dealkylation sites (tertiary alicyclic amines) is 1. The molecule has 6 nitrogen and oxygen atoms in total. The van der Waals surface area contributed by atoms with Gasteiger partial charge in [-0.1, -0.05) is 37.3 Å². The molecular weight excluding hydrogens is 432 g/mol. The first-order valence-electron chi connectivity index (χ1n) is 11.2. The molecule has 5 rings (SSSR count). The molecule has 0 aliphatic carbocycles. The largest absolute Gasteiger partial charge is 0.497 e. The van der Waals surface area contributed by atoms with Crippen molar-refractivity contribution in [2.75, 3.05) is 20.2 Å². The summed E-state index contributed by atoms with van der Waals surface area (Å²) in [6.45, 7) is 4.19. The molecule has 2 aliphatic rings. The van der Waals surface area contributed by atoms with Crippen molar-refractivity contribution in [3.05, 3.63) is 71.3 Å². The number of amides is 1. The van der Waals surface area contributed by atoms with Crippen molar-refractivity contribution >= 4 is 28.9 Å². The van der Waals surface area contributed by atoms with Crippen LogP contribution in [0, 0.1) is 5.92 Å². The molecule has 168 valence electrons. The predicted molar refractivity (Wildman–Crippen MR) is 134 cm³/mol. The van der Waals surface area contributed by atoms with Crippen LogP contribution >= 0.6 is 11.8 Å². The number of amidine groups is 1. The number of benzene rings is 2. The molecule has 3 heterocycles. The minimum Gasteiger partial charge on any atom is -0.497 e. The smallest absolute Gasteiger partial charge is 0.286 e. The van der Waals surface area contributed by atoms with Gasteiger partial charge in [0.25, 0.3) is 5.91 Å². The summed E-state index contributed by atoms with van der Waals surface area (Å²) in [6.07, 6.45) is 6.15. The molecule has 1 fully saturated rings. The minimum absolute atomic E-state index is 0.183. The first-order chi connectivity index (χ1) is 16.1. The van der Waals surface area contributed by atoms with Crippen molar-refractivity contribution in [1.82, 2.24) is 14.7 Å². The first kappa shape index (κ1) is 21.5. The fraction of sp³-hybridized carbons (Fsp3) is 0.269. The van der Waals surface area contributed by atoms with Crippen LogP contribution in [-0.4, -0.2) is 46.0 Å². The van der Waals surface area contributed by atoms with E-state index in [-0.39, 0.29) is 5.91 Å². The van der Waals surface area contributed by atoms with E-state index in [9.17, 15) is 4.79 Å². The van der Waals surface area contributed by atoms with E-state index in [1.54, 1.807) is 7.11 Å². The van der Waals surface area contributed by atoms with Crippen LogP contribution in [0.3, 0.4) is 0 Å². The highest BCUT2D eigenvalue weighted by Gasteiger charge is 2.28. The lowest BCUT2D eigenvalue weighted by Gasteiger charge is -2.30. The SMILES string of the molecule is COc1cccc(-c2nn(-c3ccccc3)cc2C=C2SC(N3CCC(C)CC3)=NC2=O)c1. The van der Waals surface area contributed by atoms with Gasteiger partial charge in [-0.3, -0.25) is 4.79 Å². The van der Waals surface area contributed by atoms with Crippen LogP contribution < -0.4 is 4.74 Å². The van der Waals surface area contributed by atoms with Gasteiger partial charge in [0.2, 0.25) is 0 Å². The van der Waals surface area contributed by atoms with Gasteiger partial charge < -0.3 is 9.64 Å². The van der Waals surface area contributed by atoms with E-state index in [4.69, 9.17) is 9.84 Å². The van der Waals surface area contributed by atoms with Gasteiger partial charge in [-0.2, -0.15) is 10.1 Å². The van der Waals surface area contributed by atoms with Crippen molar-refractivity contribution < 1.29 is 9.53 Å². The Balaban J connectivity index is 1.50. The number of carbonyl (C=O) groups is 1. The maximum absolute atomic E-state index is 12.8. The molecule has 1 amide bonds. The van der Waals surface area contributed by atoms with E-state index in [0.29, 0.717) is 4.91 Å². The molecule has 3 aromatic rings. The summed E-state index contributed by atoms with van der Waals surface area (Å²) in [6, 6.07) is 17.8. The highest BCUT2D eigenvalue weighted by atomic mass is 32.2. The van der Waals surface area contributed by atoms with Crippen LogP contribution in [0.2, 0.25) is 0 Å². The Kier molecular flexibility index (Phi) is 6.05. The number of piperidine rings is 1. The summed E-state index contributed by atoms with van der Waals surface area (Å²) >= 11 is 1.46. The maximum atomic E-state index is 12.8. The van der Waals surface area contributed by atoms with Crippen molar-refractivity contribution in [1.29, 1.82) is 0 Å². The maximum Gasteiger partial charge on any atom is 0.286 e. The molecule has 0 atom stereocenters. The molecule has 2 aromatic carbocycles. The Bertz CT molecular complexity index is 1220. The van der Waals surface area contributed by atoms with Crippen molar-refractivity contribution in [2.45, 2.75) is 19.8 Å². The molecule has 0 bridgehead atoms. The average Bonchev–Trinajstić information content (AvgIpc) is 3.44. The number of methoxy groups -OCH3 is 1.